The smallest absolute Gasteiger partial charge is 0.351 e. The molecular formula is C30H43N3O5. The van der Waals surface area contributed by atoms with E-state index in [1.165, 1.54) is 31.2 Å². The molecule has 208 valence electrons. The van der Waals surface area contributed by atoms with Gasteiger partial charge in [-0.1, -0.05) is 62.2 Å². The van der Waals surface area contributed by atoms with E-state index in [1.54, 1.807) is 6.08 Å². The summed E-state index contributed by atoms with van der Waals surface area (Å²) in [6.45, 7) is 9.72. The molecule has 1 fully saturated rings. The van der Waals surface area contributed by atoms with Crippen LogP contribution in [0.2, 0.25) is 0 Å². The standard InChI is InChI=1S/C28H39N3O3.C2H4O2/c1-4-17-33-27(32)26-21(3)29-28-30-23(18-24-15-16-25(26)31(24)28)14-10-5-7-11-20(2)34-19-22-12-8-6-9-13-22;1-2(3)4/h4,6,8-9,12-13,20,23-25H,1,5,7,10-11,14-19H2,2-3H3,(H,29,30,32);1H3,(H,3,4)/t20-,23-,24+,25+;/m1./s1. The summed E-state index contributed by atoms with van der Waals surface area (Å²) >= 11 is 0. The van der Waals surface area contributed by atoms with Crippen LogP contribution in [0.4, 0.5) is 0 Å². The van der Waals surface area contributed by atoms with Crippen molar-refractivity contribution in [2.75, 3.05) is 6.61 Å². The molecule has 0 aliphatic carbocycles. The van der Waals surface area contributed by atoms with E-state index in [2.05, 4.69) is 53.0 Å². The number of hydrogen-bond acceptors (Lipinski definition) is 7. The number of nitrogens with zero attached hydrogens (tertiary/aromatic N) is 1. The molecule has 4 atom stereocenters. The number of carbonyl (C=O) groups is 2. The van der Waals surface area contributed by atoms with Gasteiger partial charge < -0.3 is 19.4 Å². The number of guanidine groups is 1. The Kier molecular flexibility index (Phi) is 11.4. The van der Waals surface area contributed by atoms with E-state index in [-0.39, 0.29) is 18.6 Å². The van der Waals surface area contributed by atoms with Gasteiger partial charge in [0.15, 0.2) is 0 Å². The van der Waals surface area contributed by atoms with Gasteiger partial charge in [-0.3, -0.25) is 9.89 Å². The highest BCUT2D eigenvalue weighted by Crippen LogP contribution is 2.34. The zero-order valence-electron chi connectivity index (χ0n) is 23.0. The molecule has 8 heteroatoms. The Morgan fingerprint density at radius 3 is 2.66 bits per heavy atom. The van der Waals surface area contributed by atoms with Crippen molar-refractivity contribution in [3.8, 4) is 0 Å². The minimum absolute atomic E-state index is 0.115. The number of carbonyl (C=O) groups excluding carboxylic acids is 2. The first-order chi connectivity index (χ1) is 18.3. The van der Waals surface area contributed by atoms with Gasteiger partial charge in [-0.25, -0.2) is 10.1 Å². The van der Waals surface area contributed by atoms with Crippen LogP contribution in [0.3, 0.4) is 0 Å². The van der Waals surface area contributed by atoms with Crippen LogP contribution in [0.15, 0.2) is 54.3 Å². The molecule has 0 bridgehead atoms. The minimum Gasteiger partial charge on any atom is -0.550 e. The fourth-order valence-electron chi connectivity index (χ4n) is 5.57. The van der Waals surface area contributed by atoms with Crippen molar-refractivity contribution in [2.45, 2.75) is 103 Å². The maximum Gasteiger partial charge on any atom is 0.351 e. The number of hydrogen-bond donors (Lipinski definition) is 2. The maximum absolute atomic E-state index is 12.6. The molecule has 3 aliphatic heterocycles. The fourth-order valence-corrected chi connectivity index (χ4v) is 5.57. The predicted molar refractivity (Wildman–Crippen MR) is 145 cm³/mol. The van der Waals surface area contributed by atoms with Gasteiger partial charge in [0.05, 0.1) is 30.5 Å². The van der Waals surface area contributed by atoms with Crippen molar-refractivity contribution >= 4 is 17.9 Å². The van der Waals surface area contributed by atoms with Crippen molar-refractivity contribution in [3.63, 3.8) is 0 Å². The topological polar surface area (TPSA) is 103 Å². The number of rotatable bonds is 12. The Morgan fingerprint density at radius 1 is 1.21 bits per heavy atom. The number of carboxylic acid groups (broad SMARTS) is 1. The molecule has 4 rings (SSSR count). The number of esters is 1. The number of aliphatic carboxylic acids is 1. The highest BCUT2D eigenvalue weighted by Gasteiger charge is 2.48. The van der Waals surface area contributed by atoms with Gasteiger partial charge in [-0.05, 0) is 52.0 Å². The summed E-state index contributed by atoms with van der Waals surface area (Å²) in [4.78, 5) is 21.5. The third-order valence-corrected chi connectivity index (χ3v) is 7.29. The Balaban J connectivity index is 0.000000934. The minimum atomic E-state index is -1.08. The van der Waals surface area contributed by atoms with Gasteiger partial charge in [-0.2, -0.15) is 0 Å². The van der Waals surface area contributed by atoms with Crippen LogP contribution in [-0.4, -0.2) is 53.3 Å². The van der Waals surface area contributed by atoms with Crippen molar-refractivity contribution in [1.82, 2.24) is 10.6 Å². The average Bonchev–Trinajstić information content (AvgIpc) is 3.30. The molecule has 1 saturated heterocycles. The van der Waals surface area contributed by atoms with Crippen LogP contribution in [0.1, 0.15) is 77.7 Å². The first kappa shape index (κ1) is 29.4. The molecule has 1 aromatic carbocycles. The maximum atomic E-state index is 12.6. The molecule has 2 N–H and O–H groups in total. The van der Waals surface area contributed by atoms with E-state index in [0.29, 0.717) is 24.8 Å². The molecule has 38 heavy (non-hydrogen) atoms. The van der Waals surface area contributed by atoms with E-state index < -0.39 is 5.97 Å². The molecule has 0 saturated carbocycles. The Hall–Kier alpha value is -3.13. The first-order valence-corrected chi connectivity index (χ1v) is 13.8. The summed E-state index contributed by atoms with van der Waals surface area (Å²) in [5.41, 5.74) is 2.92. The van der Waals surface area contributed by atoms with E-state index >= 15 is 0 Å². The zero-order chi connectivity index (χ0) is 27.5. The van der Waals surface area contributed by atoms with Gasteiger partial charge in [0, 0.05) is 12.4 Å². The summed E-state index contributed by atoms with van der Waals surface area (Å²) in [5, 5.41) is 16.1. The Bertz CT molecular complexity index is 1020. The predicted octanol–water partition coefficient (Wildman–Crippen LogP) is 3.17. The second kappa shape index (κ2) is 14.7. The van der Waals surface area contributed by atoms with E-state index in [0.717, 1.165) is 49.8 Å². The van der Waals surface area contributed by atoms with Crippen molar-refractivity contribution in [2.24, 2.45) is 0 Å². The number of ether oxygens (including phenoxy) is 2. The summed E-state index contributed by atoms with van der Waals surface area (Å²) in [6.07, 6.45) is 11.1. The number of nitrogens with one attached hydrogen (secondary N) is 2. The zero-order valence-corrected chi connectivity index (χ0v) is 23.0. The van der Waals surface area contributed by atoms with Crippen LogP contribution in [0.25, 0.3) is 0 Å². The number of benzene rings is 1. The molecule has 0 amide bonds. The quantitative estimate of drug-likeness (QED) is 0.187. The molecule has 3 aliphatic rings. The molecule has 1 aromatic rings. The fraction of sp³-hybridized carbons (Fsp3) is 0.567. The van der Waals surface area contributed by atoms with Gasteiger partial charge in [0.25, 0.3) is 0 Å². The Morgan fingerprint density at radius 2 is 1.95 bits per heavy atom. The van der Waals surface area contributed by atoms with E-state index in [1.807, 2.05) is 13.0 Å². The number of carboxylic acids is 1. The van der Waals surface area contributed by atoms with Crippen LogP contribution in [-0.2, 0) is 25.7 Å². The monoisotopic (exact) mass is 525 g/mol. The second-order valence-electron chi connectivity index (χ2n) is 10.4. The largest absolute Gasteiger partial charge is 0.550 e. The summed E-state index contributed by atoms with van der Waals surface area (Å²) < 4.78 is 13.8. The van der Waals surface area contributed by atoms with Crippen LogP contribution >= 0.6 is 0 Å². The lowest BCUT2D eigenvalue weighted by molar-refractivity contribution is -0.580. The molecule has 0 radical (unpaired) electrons. The van der Waals surface area contributed by atoms with Crippen molar-refractivity contribution in [3.05, 3.63) is 59.8 Å². The number of unbranched alkanes of at least 4 members (excludes halogenated alkanes) is 2. The average molecular weight is 526 g/mol. The van der Waals surface area contributed by atoms with Gasteiger partial charge in [0.2, 0.25) is 0 Å². The molecule has 3 heterocycles. The lowest BCUT2D eigenvalue weighted by Gasteiger charge is -2.33. The Labute approximate surface area is 226 Å². The SMILES string of the molecule is C=CCOC(=O)C1=C(C)NC2=[N+]3[C@@H](CC[C@@H]13)C[C@@H](CCCCC[C@@H](C)OCc1ccccc1)N2.CC(=O)[O-]. The summed E-state index contributed by atoms with van der Waals surface area (Å²) in [6, 6.07) is 11.5. The van der Waals surface area contributed by atoms with Crippen LogP contribution < -0.4 is 15.7 Å². The van der Waals surface area contributed by atoms with Crippen molar-refractivity contribution in [1.29, 1.82) is 0 Å². The summed E-state index contributed by atoms with van der Waals surface area (Å²) in [7, 11) is 0. The van der Waals surface area contributed by atoms with Gasteiger partial charge in [-0.15, -0.1) is 0 Å². The third kappa shape index (κ3) is 8.45. The normalized spacial score (nSPS) is 22.3. The van der Waals surface area contributed by atoms with Gasteiger partial charge in [0.1, 0.15) is 18.2 Å². The summed E-state index contributed by atoms with van der Waals surface area (Å²) in [5.74, 6) is -0.233. The number of allylic oxidation sites excluding steroid dienone is 1. The van der Waals surface area contributed by atoms with E-state index in [4.69, 9.17) is 19.4 Å². The first-order valence-electron chi connectivity index (χ1n) is 13.8. The molecule has 0 unspecified atom stereocenters. The molecular weight excluding hydrogens is 482 g/mol. The lowest BCUT2D eigenvalue weighted by atomic mass is 9.97. The third-order valence-electron chi connectivity index (χ3n) is 7.29. The lowest BCUT2D eigenvalue weighted by Crippen LogP contribution is -2.59. The molecule has 8 nitrogen and oxygen atoms in total. The van der Waals surface area contributed by atoms with Crippen LogP contribution in [0.5, 0.6) is 0 Å². The second-order valence-corrected chi connectivity index (χ2v) is 10.4. The molecule has 0 spiro atoms. The van der Waals surface area contributed by atoms with Crippen molar-refractivity contribution < 1.29 is 28.7 Å². The molecule has 0 aromatic heterocycles. The highest BCUT2D eigenvalue weighted by molar-refractivity contribution is 5.93. The van der Waals surface area contributed by atoms with E-state index in [9.17, 15) is 4.79 Å². The van der Waals surface area contributed by atoms with Gasteiger partial charge >= 0.3 is 11.9 Å². The highest BCUT2D eigenvalue weighted by atomic mass is 16.5. The van der Waals surface area contributed by atoms with Crippen LogP contribution in [0, 0.1) is 0 Å².